The molecule has 0 saturated carbocycles. The number of anilines is 1. The monoisotopic (exact) mass is 287 g/mol. The lowest BCUT2D eigenvalue weighted by Crippen LogP contribution is -2.07. The third-order valence-corrected chi connectivity index (χ3v) is 3.11. The summed E-state index contributed by atoms with van der Waals surface area (Å²) in [5.74, 6) is 0.470. The molecule has 21 heavy (non-hydrogen) atoms. The normalized spacial score (nSPS) is 11.1. The second-order valence-corrected chi connectivity index (χ2v) is 4.64. The van der Waals surface area contributed by atoms with Gasteiger partial charge >= 0.3 is 6.01 Å². The van der Waals surface area contributed by atoms with Crippen LogP contribution in [0.2, 0.25) is 0 Å². The maximum atomic E-state index is 5.35. The Bertz CT molecular complexity index is 706. The molecule has 0 aliphatic rings. The third-order valence-electron chi connectivity index (χ3n) is 3.11. The molecular weight excluding hydrogens is 270 g/mol. The molecule has 7 heteroatoms. The Morgan fingerprint density at radius 3 is 3.10 bits per heavy atom. The maximum Gasteiger partial charge on any atom is 0.315 e. The summed E-state index contributed by atoms with van der Waals surface area (Å²) in [5.41, 5.74) is 1.15. The number of ether oxygens (including phenoxy) is 1. The summed E-state index contributed by atoms with van der Waals surface area (Å²) in [5, 5.41) is 16.4. The van der Waals surface area contributed by atoms with Gasteiger partial charge in [-0.25, -0.2) is 0 Å². The molecule has 0 atom stereocenters. The molecule has 2 heterocycles. The molecule has 2 aromatic heterocycles. The Labute approximate surface area is 121 Å². The van der Waals surface area contributed by atoms with Gasteiger partial charge in [0.15, 0.2) is 0 Å². The first-order valence-electron chi connectivity index (χ1n) is 6.82. The Morgan fingerprint density at radius 2 is 2.19 bits per heavy atom. The van der Waals surface area contributed by atoms with Crippen molar-refractivity contribution >= 4 is 16.9 Å². The van der Waals surface area contributed by atoms with E-state index in [-0.39, 0.29) is 0 Å². The van der Waals surface area contributed by atoms with E-state index in [2.05, 4.69) is 32.7 Å². The van der Waals surface area contributed by atoms with Crippen molar-refractivity contribution in [3.63, 3.8) is 0 Å². The first kappa shape index (κ1) is 13.6. The number of rotatable bonds is 7. The van der Waals surface area contributed by atoms with E-state index >= 15 is 0 Å². The smallest absolute Gasteiger partial charge is 0.315 e. The van der Waals surface area contributed by atoms with Crippen LogP contribution in [0, 0.1) is 0 Å². The maximum absolute atomic E-state index is 5.35. The van der Waals surface area contributed by atoms with Crippen LogP contribution in [0.25, 0.3) is 10.9 Å². The number of benzene rings is 1. The molecule has 0 aliphatic heterocycles. The number of hydrogen-bond donors (Lipinski definition) is 1. The minimum Gasteiger partial charge on any atom is -0.406 e. The topological polar surface area (TPSA) is 78.0 Å². The highest BCUT2D eigenvalue weighted by atomic mass is 16.5. The van der Waals surface area contributed by atoms with Gasteiger partial charge in [-0.3, -0.25) is 4.68 Å². The molecule has 0 fully saturated rings. The van der Waals surface area contributed by atoms with Gasteiger partial charge in [-0.2, -0.15) is 5.10 Å². The van der Waals surface area contributed by atoms with Crippen molar-refractivity contribution in [2.75, 3.05) is 19.0 Å². The van der Waals surface area contributed by atoms with Crippen molar-refractivity contribution in [1.82, 2.24) is 20.0 Å². The lowest BCUT2D eigenvalue weighted by atomic mass is 10.2. The van der Waals surface area contributed by atoms with Gasteiger partial charge in [0.05, 0.1) is 11.7 Å². The molecular formula is C14H17N5O2. The Kier molecular flexibility index (Phi) is 4.11. The van der Waals surface area contributed by atoms with Crippen LogP contribution in [-0.4, -0.2) is 33.6 Å². The number of nitrogens with zero attached hydrogens (tertiary/aromatic N) is 4. The predicted molar refractivity (Wildman–Crippen MR) is 77.9 cm³/mol. The first-order valence-corrected chi connectivity index (χ1v) is 6.82. The van der Waals surface area contributed by atoms with Crippen molar-refractivity contribution in [3.05, 3.63) is 36.4 Å². The lowest BCUT2D eigenvalue weighted by Gasteiger charge is -2.04. The summed E-state index contributed by atoms with van der Waals surface area (Å²) < 4.78 is 12.3. The summed E-state index contributed by atoms with van der Waals surface area (Å²) in [6.45, 7) is 1.90. The van der Waals surface area contributed by atoms with E-state index < -0.39 is 0 Å². The Hall–Kier alpha value is -2.41. The van der Waals surface area contributed by atoms with Gasteiger partial charge in [0, 0.05) is 25.6 Å². The number of para-hydroxylation sites is 1. The number of hydrogen-bond acceptors (Lipinski definition) is 6. The van der Waals surface area contributed by atoms with E-state index in [1.807, 2.05) is 23.0 Å². The fraction of sp³-hybridized carbons (Fsp3) is 0.357. The molecule has 0 aliphatic carbocycles. The average Bonchev–Trinajstić information content (AvgIpc) is 3.11. The zero-order chi connectivity index (χ0) is 14.5. The molecule has 1 aromatic carbocycles. The van der Waals surface area contributed by atoms with Gasteiger partial charge in [0.25, 0.3) is 0 Å². The van der Waals surface area contributed by atoms with E-state index in [1.165, 1.54) is 0 Å². The van der Waals surface area contributed by atoms with E-state index in [0.29, 0.717) is 18.5 Å². The SMILES string of the molecule is COCc1nnc(NCCCn2ncc3ccccc32)o1. The molecule has 3 aromatic rings. The van der Waals surface area contributed by atoms with Crippen LogP contribution in [0.4, 0.5) is 6.01 Å². The summed E-state index contributed by atoms with van der Waals surface area (Å²) in [4.78, 5) is 0. The van der Waals surface area contributed by atoms with Crippen molar-refractivity contribution < 1.29 is 9.15 Å². The van der Waals surface area contributed by atoms with Crippen LogP contribution < -0.4 is 5.32 Å². The molecule has 3 rings (SSSR count). The summed E-state index contributed by atoms with van der Waals surface area (Å²) in [6, 6.07) is 8.60. The van der Waals surface area contributed by atoms with Gasteiger partial charge in [0.2, 0.25) is 5.89 Å². The van der Waals surface area contributed by atoms with Gasteiger partial charge in [-0.05, 0) is 12.5 Å². The zero-order valence-corrected chi connectivity index (χ0v) is 11.8. The zero-order valence-electron chi connectivity index (χ0n) is 11.8. The fourth-order valence-corrected chi connectivity index (χ4v) is 2.14. The summed E-state index contributed by atoms with van der Waals surface area (Å²) in [6.07, 6.45) is 2.80. The predicted octanol–water partition coefficient (Wildman–Crippen LogP) is 2.07. The number of aromatic nitrogens is 4. The third kappa shape index (κ3) is 3.19. The quantitative estimate of drug-likeness (QED) is 0.670. The van der Waals surface area contributed by atoms with E-state index in [4.69, 9.17) is 9.15 Å². The van der Waals surface area contributed by atoms with Crippen molar-refractivity contribution in [2.24, 2.45) is 0 Å². The van der Waals surface area contributed by atoms with Crippen LogP contribution in [0.5, 0.6) is 0 Å². The molecule has 0 bridgehead atoms. The minimum absolute atomic E-state index is 0.327. The number of methoxy groups -OCH3 is 1. The van der Waals surface area contributed by atoms with Crippen LogP contribution >= 0.6 is 0 Å². The number of nitrogens with one attached hydrogen (secondary N) is 1. The summed E-state index contributed by atoms with van der Waals surface area (Å²) in [7, 11) is 1.59. The molecule has 110 valence electrons. The molecule has 0 unspecified atom stereocenters. The molecule has 0 saturated heterocycles. The van der Waals surface area contributed by atoms with Gasteiger partial charge < -0.3 is 14.5 Å². The Balaban J connectivity index is 1.49. The molecule has 0 radical (unpaired) electrons. The van der Waals surface area contributed by atoms with Crippen LogP contribution in [0.3, 0.4) is 0 Å². The van der Waals surface area contributed by atoms with Crippen molar-refractivity contribution in [3.8, 4) is 0 Å². The number of aryl methyl sites for hydroxylation is 1. The van der Waals surface area contributed by atoms with E-state index in [9.17, 15) is 0 Å². The second kappa shape index (κ2) is 6.36. The molecule has 0 spiro atoms. The highest BCUT2D eigenvalue weighted by Crippen LogP contribution is 2.13. The summed E-state index contributed by atoms with van der Waals surface area (Å²) >= 11 is 0. The van der Waals surface area contributed by atoms with Crippen molar-refractivity contribution in [2.45, 2.75) is 19.6 Å². The standard InChI is InChI=1S/C14H17N5O2/c1-20-10-13-17-18-14(21-13)15-7-4-8-19-12-6-3-2-5-11(12)9-16-19/h2-3,5-6,9H,4,7-8,10H2,1H3,(H,15,18). The average molecular weight is 287 g/mol. The van der Waals surface area contributed by atoms with E-state index in [1.54, 1.807) is 7.11 Å². The van der Waals surface area contributed by atoms with Crippen LogP contribution in [-0.2, 0) is 17.9 Å². The van der Waals surface area contributed by atoms with Gasteiger partial charge in [-0.15, -0.1) is 5.10 Å². The van der Waals surface area contributed by atoms with E-state index in [0.717, 1.165) is 30.4 Å². The highest BCUT2D eigenvalue weighted by Gasteiger charge is 2.05. The fourth-order valence-electron chi connectivity index (χ4n) is 2.14. The van der Waals surface area contributed by atoms with Crippen molar-refractivity contribution in [1.29, 1.82) is 0 Å². The minimum atomic E-state index is 0.327. The first-order chi connectivity index (χ1) is 10.4. The Morgan fingerprint density at radius 1 is 1.29 bits per heavy atom. The molecule has 1 N–H and O–H groups in total. The van der Waals surface area contributed by atoms with Crippen LogP contribution in [0.1, 0.15) is 12.3 Å². The largest absolute Gasteiger partial charge is 0.406 e. The van der Waals surface area contributed by atoms with Gasteiger partial charge in [-0.1, -0.05) is 23.3 Å². The van der Waals surface area contributed by atoms with Gasteiger partial charge in [0.1, 0.15) is 6.61 Å². The second-order valence-electron chi connectivity index (χ2n) is 4.64. The highest BCUT2D eigenvalue weighted by molar-refractivity contribution is 5.78. The molecule has 7 nitrogen and oxygen atoms in total. The lowest BCUT2D eigenvalue weighted by molar-refractivity contribution is 0.160. The molecule has 0 amide bonds. The number of fused-ring (bicyclic) bond motifs is 1. The van der Waals surface area contributed by atoms with Crippen LogP contribution in [0.15, 0.2) is 34.9 Å².